The highest BCUT2D eigenvalue weighted by Crippen LogP contribution is 2.25. The first-order chi connectivity index (χ1) is 14.1. The molecule has 1 aromatic carbocycles. The molecule has 8 heteroatoms. The summed E-state index contributed by atoms with van der Waals surface area (Å²) in [6.07, 6.45) is 0.187. The SMILES string of the molecule is O=C(NCCn1nc(-c2cccs2)ccc1=O)C1CC(=O)N(c2ccccc2)C1. The Morgan fingerprint density at radius 2 is 1.93 bits per heavy atom. The molecule has 2 aromatic heterocycles. The van der Waals surface area contributed by atoms with E-state index in [9.17, 15) is 14.4 Å². The van der Waals surface area contributed by atoms with Gasteiger partial charge in [0, 0.05) is 31.3 Å². The summed E-state index contributed by atoms with van der Waals surface area (Å²) in [6, 6.07) is 16.4. The van der Waals surface area contributed by atoms with Gasteiger partial charge in [0.1, 0.15) is 5.69 Å². The van der Waals surface area contributed by atoms with Crippen LogP contribution in [-0.4, -0.2) is 34.7 Å². The van der Waals surface area contributed by atoms with E-state index in [0.717, 1.165) is 16.3 Å². The molecule has 1 aliphatic heterocycles. The van der Waals surface area contributed by atoms with E-state index in [-0.39, 0.29) is 36.9 Å². The largest absolute Gasteiger partial charge is 0.354 e. The summed E-state index contributed by atoms with van der Waals surface area (Å²) in [5.41, 5.74) is 1.31. The number of thiophene rings is 1. The topological polar surface area (TPSA) is 84.3 Å². The Morgan fingerprint density at radius 3 is 2.69 bits per heavy atom. The van der Waals surface area contributed by atoms with Gasteiger partial charge < -0.3 is 10.2 Å². The lowest BCUT2D eigenvalue weighted by atomic mass is 10.1. The van der Waals surface area contributed by atoms with Gasteiger partial charge in [-0.2, -0.15) is 5.10 Å². The van der Waals surface area contributed by atoms with Crippen LogP contribution in [0.15, 0.2) is 64.8 Å². The molecule has 0 bridgehead atoms. The normalized spacial score (nSPS) is 16.2. The lowest BCUT2D eigenvalue weighted by Gasteiger charge is -2.16. The van der Waals surface area contributed by atoms with Crippen LogP contribution in [0.2, 0.25) is 0 Å². The quantitative estimate of drug-likeness (QED) is 0.677. The minimum Gasteiger partial charge on any atom is -0.354 e. The first-order valence-electron chi connectivity index (χ1n) is 9.37. The molecule has 3 heterocycles. The fourth-order valence-electron chi connectivity index (χ4n) is 3.33. The number of hydrogen-bond donors (Lipinski definition) is 1. The molecule has 0 radical (unpaired) electrons. The fourth-order valence-corrected chi connectivity index (χ4v) is 4.03. The molecule has 0 saturated carbocycles. The summed E-state index contributed by atoms with van der Waals surface area (Å²) in [6.45, 7) is 0.906. The zero-order valence-corrected chi connectivity index (χ0v) is 16.5. The Kier molecular flexibility index (Phi) is 5.53. The van der Waals surface area contributed by atoms with E-state index < -0.39 is 5.92 Å². The predicted octanol–water partition coefficient (Wildman–Crippen LogP) is 2.14. The van der Waals surface area contributed by atoms with Gasteiger partial charge in [-0.1, -0.05) is 24.3 Å². The van der Waals surface area contributed by atoms with Gasteiger partial charge in [0.05, 0.1) is 17.3 Å². The standard InChI is InChI=1S/C21H20N4O3S/c26-19-9-8-17(18-7-4-12-29-18)23-25(19)11-10-22-21(28)15-13-20(27)24(14-15)16-5-2-1-3-6-16/h1-9,12,15H,10-11,13-14H2,(H,22,28). The van der Waals surface area contributed by atoms with Crippen molar-refractivity contribution in [1.82, 2.24) is 15.1 Å². The van der Waals surface area contributed by atoms with Crippen molar-refractivity contribution in [2.24, 2.45) is 5.92 Å². The molecule has 1 N–H and O–H groups in total. The van der Waals surface area contributed by atoms with Gasteiger partial charge in [-0.05, 0) is 29.6 Å². The van der Waals surface area contributed by atoms with Crippen LogP contribution in [0.3, 0.4) is 0 Å². The lowest BCUT2D eigenvalue weighted by molar-refractivity contribution is -0.126. The molecule has 148 valence electrons. The summed E-state index contributed by atoms with van der Waals surface area (Å²) in [5.74, 6) is -0.637. The van der Waals surface area contributed by atoms with E-state index in [0.29, 0.717) is 6.54 Å². The number of aromatic nitrogens is 2. The Morgan fingerprint density at radius 1 is 1.10 bits per heavy atom. The molecule has 1 saturated heterocycles. The Bertz CT molecular complexity index is 1060. The third kappa shape index (κ3) is 4.27. The third-order valence-electron chi connectivity index (χ3n) is 4.83. The first-order valence-corrected chi connectivity index (χ1v) is 10.2. The zero-order valence-electron chi connectivity index (χ0n) is 15.7. The molecule has 1 unspecified atom stereocenters. The van der Waals surface area contributed by atoms with Gasteiger partial charge in [-0.15, -0.1) is 11.3 Å². The van der Waals surface area contributed by atoms with Gasteiger partial charge in [0.25, 0.3) is 5.56 Å². The second kappa shape index (κ2) is 8.40. The summed E-state index contributed by atoms with van der Waals surface area (Å²) >= 11 is 1.55. The van der Waals surface area contributed by atoms with Crippen LogP contribution in [0, 0.1) is 5.92 Å². The number of rotatable bonds is 6. The maximum absolute atomic E-state index is 12.5. The van der Waals surface area contributed by atoms with E-state index in [1.54, 1.807) is 22.3 Å². The van der Waals surface area contributed by atoms with Crippen LogP contribution in [-0.2, 0) is 16.1 Å². The molecule has 1 fully saturated rings. The van der Waals surface area contributed by atoms with Crippen LogP contribution < -0.4 is 15.8 Å². The second-order valence-corrected chi connectivity index (χ2v) is 7.74. The maximum atomic E-state index is 12.5. The molecule has 0 spiro atoms. The van der Waals surface area contributed by atoms with Crippen molar-refractivity contribution >= 4 is 28.8 Å². The molecule has 2 amide bonds. The molecule has 1 aliphatic rings. The molecule has 7 nitrogen and oxygen atoms in total. The van der Waals surface area contributed by atoms with E-state index in [2.05, 4.69) is 10.4 Å². The molecule has 4 rings (SSSR count). The Balaban J connectivity index is 1.34. The molecule has 0 aliphatic carbocycles. The number of hydrogen-bond acceptors (Lipinski definition) is 5. The van der Waals surface area contributed by atoms with Crippen LogP contribution in [0.5, 0.6) is 0 Å². The monoisotopic (exact) mass is 408 g/mol. The van der Waals surface area contributed by atoms with Crippen LogP contribution in [0.4, 0.5) is 5.69 Å². The van der Waals surface area contributed by atoms with Crippen molar-refractivity contribution in [1.29, 1.82) is 0 Å². The van der Waals surface area contributed by atoms with Crippen LogP contribution in [0.1, 0.15) is 6.42 Å². The van der Waals surface area contributed by atoms with Gasteiger partial charge in [-0.3, -0.25) is 14.4 Å². The van der Waals surface area contributed by atoms with Crippen LogP contribution in [0.25, 0.3) is 10.6 Å². The summed E-state index contributed by atoms with van der Waals surface area (Å²) < 4.78 is 1.35. The van der Waals surface area contributed by atoms with Crippen molar-refractivity contribution in [2.45, 2.75) is 13.0 Å². The van der Waals surface area contributed by atoms with Crippen molar-refractivity contribution in [3.63, 3.8) is 0 Å². The smallest absolute Gasteiger partial charge is 0.266 e. The number of nitrogens with one attached hydrogen (secondary N) is 1. The average Bonchev–Trinajstić information content (AvgIpc) is 3.40. The second-order valence-electron chi connectivity index (χ2n) is 6.79. The van der Waals surface area contributed by atoms with Gasteiger partial charge in [-0.25, -0.2) is 4.68 Å². The van der Waals surface area contributed by atoms with Crippen molar-refractivity contribution < 1.29 is 9.59 Å². The van der Waals surface area contributed by atoms with Gasteiger partial charge in [0.2, 0.25) is 11.8 Å². The van der Waals surface area contributed by atoms with E-state index in [1.165, 1.54) is 10.7 Å². The molecule has 1 atom stereocenters. The number of anilines is 1. The maximum Gasteiger partial charge on any atom is 0.266 e. The molecular weight excluding hydrogens is 388 g/mol. The van der Waals surface area contributed by atoms with Crippen molar-refractivity contribution in [3.05, 3.63) is 70.3 Å². The number of carbonyl (C=O) groups excluding carboxylic acids is 2. The third-order valence-corrected chi connectivity index (χ3v) is 5.72. The van der Waals surface area contributed by atoms with Gasteiger partial charge in [0.15, 0.2) is 0 Å². The minimum atomic E-state index is -0.398. The number of amides is 2. The average molecular weight is 408 g/mol. The first kappa shape index (κ1) is 19.1. The van der Waals surface area contributed by atoms with Gasteiger partial charge >= 0.3 is 0 Å². The number of carbonyl (C=O) groups is 2. The predicted molar refractivity (Wildman–Crippen MR) is 112 cm³/mol. The Hall–Kier alpha value is -3.26. The fraction of sp³-hybridized carbons (Fsp3) is 0.238. The molecule has 29 heavy (non-hydrogen) atoms. The van der Waals surface area contributed by atoms with E-state index >= 15 is 0 Å². The van der Waals surface area contributed by atoms with Crippen molar-refractivity contribution in [3.8, 4) is 10.6 Å². The lowest BCUT2D eigenvalue weighted by Crippen LogP contribution is -2.36. The van der Waals surface area contributed by atoms with E-state index in [4.69, 9.17) is 0 Å². The van der Waals surface area contributed by atoms with Crippen molar-refractivity contribution in [2.75, 3.05) is 18.0 Å². The number of benzene rings is 1. The highest BCUT2D eigenvalue weighted by molar-refractivity contribution is 7.13. The minimum absolute atomic E-state index is 0.0575. The zero-order chi connectivity index (χ0) is 20.2. The highest BCUT2D eigenvalue weighted by atomic mass is 32.1. The molecule has 3 aromatic rings. The van der Waals surface area contributed by atoms with E-state index in [1.807, 2.05) is 47.8 Å². The van der Waals surface area contributed by atoms with Crippen LogP contribution >= 0.6 is 11.3 Å². The highest BCUT2D eigenvalue weighted by Gasteiger charge is 2.34. The summed E-state index contributed by atoms with van der Waals surface area (Å²) in [7, 11) is 0. The molecular formula is C21H20N4O3S. The number of nitrogens with zero attached hydrogens (tertiary/aromatic N) is 3. The number of para-hydroxylation sites is 1. The summed E-state index contributed by atoms with van der Waals surface area (Å²) in [5, 5.41) is 9.16. The Labute approximate surface area is 171 Å². The summed E-state index contributed by atoms with van der Waals surface area (Å²) in [4.78, 5) is 39.4.